The summed E-state index contributed by atoms with van der Waals surface area (Å²) in [4.78, 5) is 37.0. The lowest BCUT2D eigenvalue weighted by Gasteiger charge is -2.16. The zero-order chi connectivity index (χ0) is 24.6. The Kier molecular flexibility index (Phi) is 5.76. The summed E-state index contributed by atoms with van der Waals surface area (Å²) in [6.07, 6.45) is 0. The quantitative estimate of drug-likeness (QED) is 0.278. The number of hydrogen-bond donors (Lipinski definition) is 2. The minimum Gasteiger partial charge on any atom is -0.493 e. The summed E-state index contributed by atoms with van der Waals surface area (Å²) in [7, 11) is 3.01. The van der Waals surface area contributed by atoms with Crippen LogP contribution in [0.4, 0.5) is 0 Å². The van der Waals surface area contributed by atoms with Crippen molar-refractivity contribution in [3.05, 3.63) is 65.6 Å². The normalized spacial score (nSPS) is 13.2. The fourth-order valence-electron chi connectivity index (χ4n) is 3.47. The van der Waals surface area contributed by atoms with Gasteiger partial charge in [-0.2, -0.15) is 0 Å². The molecule has 3 aromatic rings. The topological polar surface area (TPSA) is 129 Å². The Hall–Kier alpha value is -4.31. The third-order valence-corrected chi connectivity index (χ3v) is 6.07. The predicted octanol–water partition coefficient (Wildman–Crippen LogP) is 3.97. The molecule has 0 spiro atoms. The zero-order valence-electron chi connectivity index (χ0n) is 18.0. The summed E-state index contributed by atoms with van der Waals surface area (Å²) in [5.74, 6) is -6.45. The van der Waals surface area contributed by atoms with Gasteiger partial charge in [-0.05, 0) is 47.3 Å². The van der Waals surface area contributed by atoms with E-state index < -0.39 is 23.5 Å². The fraction of sp³-hybridized carbons (Fsp3) is 0.125. The second kappa shape index (κ2) is 8.56. The highest BCUT2D eigenvalue weighted by Gasteiger charge is 2.57. The molecule has 10 heteroatoms. The van der Waals surface area contributed by atoms with Gasteiger partial charge in [-0.25, -0.2) is 9.59 Å². The van der Waals surface area contributed by atoms with E-state index in [2.05, 4.69) is 6.58 Å². The first-order chi connectivity index (χ1) is 16.2. The van der Waals surface area contributed by atoms with Crippen LogP contribution in [0.1, 0.15) is 15.9 Å². The second-order valence-electron chi connectivity index (χ2n) is 7.14. The van der Waals surface area contributed by atoms with Gasteiger partial charge in [0.05, 0.1) is 14.2 Å². The summed E-state index contributed by atoms with van der Waals surface area (Å²) >= 11 is 1.49. The predicted molar refractivity (Wildman–Crippen MR) is 122 cm³/mol. The zero-order valence-corrected chi connectivity index (χ0v) is 18.8. The summed E-state index contributed by atoms with van der Waals surface area (Å²) in [5, 5.41) is 20.5. The molecule has 0 fully saturated rings. The van der Waals surface area contributed by atoms with Crippen LogP contribution >= 0.6 is 11.3 Å². The maximum atomic E-state index is 13.2. The van der Waals surface area contributed by atoms with Crippen molar-refractivity contribution < 1.29 is 43.5 Å². The Morgan fingerprint density at radius 1 is 0.941 bits per heavy atom. The number of rotatable bonds is 8. The first-order valence-electron chi connectivity index (χ1n) is 9.74. The SMILES string of the molecule is C=C(C(=O)c1ccc2c(c1)OC(C(=O)O)(C(=O)O)O2)c1cc(OC)c(OC)c(-c2cccs2)c1. The molecule has 1 aromatic heterocycles. The van der Waals surface area contributed by atoms with E-state index in [4.69, 9.17) is 18.9 Å². The first kappa shape index (κ1) is 22.9. The van der Waals surface area contributed by atoms with Crippen molar-refractivity contribution in [2.75, 3.05) is 14.2 Å². The van der Waals surface area contributed by atoms with Crippen LogP contribution in [-0.2, 0) is 9.59 Å². The van der Waals surface area contributed by atoms with Gasteiger partial charge in [0.25, 0.3) is 0 Å². The monoisotopic (exact) mass is 482 g/mol. The average Bonchev–Trinajstić information content (AvgIpc) is 3.50. The number of Topliss-reactive ketones (excluding diaryl/α,β-unsaturated/α-hetero) is 1. The number of benzene rings is 2. The van der Waals surface area contributed by atoms with Gasteiger partial charge in [-0.3, -0.25) is 4.79 Å². The van der Waals surface area contributed by atoms with Crippen LogP contribution < -0.4 is 18.9 Å². The molecule has 174 valence electrons. The molecule has 0 amide bonds. The van der Waals surface area contributed by atoms with Gasteiger partial charge >= 0.3 is 17.7 Å². The van der Waals surface area contributed by atoms with Crippen LogP contribution in [-0.4, -0.2) is 47.9 Å². The Bertz CT molecular complexity index is 1310. The molecule has 2 N–H and O–H groups in total. The summed E-state index contributed by atoms with van der Waals surface area (Å²) in [5.41, 5.74) is 1.43. The average molecular weight is 482 g/mol. The molecule has 0 saturated carbocycles. The van der Waals surface area contributed by atoms with Crippen molar-refractivity contribution in [3.63, 3.8) is 0 Å². The second-order valence-corrected chi connectivity index (χ2v) is 8.08. The lowest BCUT2D eigenvalue weighted by Crippen LogP contribution is -2.54. The Morgan fingerprint density at radius 3 is 2.24 bits per heavy atom. The van der Waals surface area contributed by atoms with Crippen LogP contribution in [0.5, 0.6) is 23.0 Å². The molecule has 34 heavy (non-hydrogen) atoms. The van der Waals surface area contributed by atoms with Crippen molar-refractivity contribution in [1.82, 2.24) is 0 Å². The molecule has 2 aromatic carbocycles. The molecular weight excluding hydrogens is 464 g/mol. The van der Waals surface area contributed by atoms with Gasteiger partial charge in [0.1, 0.15) is 0 Å². The van der Waals surface area contributed by atoms with Gasteiger partial charge in [0.15, 0.2) is 28.8 Å². The van der Waals surface area contributed by atoms with Gasteiger partial charge in [-0.1, -0.05) is 12.6 Å². The number of carboxylic acid groups (broad SMARTS) is 2. The molecule has 0 aliphatic carbocycles. The smallest absolute Gasteiger partial charge is 0.453 e. The number of aliphatic carboxylic acids is 2. The lowest BCUT2D eigenvalue weighted by atomic mass is 9.95. The van der Waals surface area contributed by atoms with Crippen LogP contribution in [0.2, 0.25) is 0 Å². The van der Waals surface area contributed by atoms with Gasteiger partial charge in [-0.15, -0.1) is 11.3 Å². The lowest BCUT2D eigenvalue weighted by molar-refractivity contribution is -0.194. The van der Waals surface area contributed by atoms with Gasteiger partial charge in [0.2, 0.25) is 0 Å². The maximum Gasteiger partial charge on any atom is 0.453 e. The summed E-state index contributed by atoms with van der Waals surface area (Å²) in [6, 6.07) is 11.1. The van der Waals surface area contributed by atoms with E-state index in [1.54, 1.807) is 12.1 Å². The highest BCUT2D eigenvalue weighted by atomic mass is 32.1. The third-order valence-electron chi connectivity index (χ3n) is 5.16. The van der Waals surface area contributed by atoms with Crippen LogP contribution in [0.3, 0.4) is 0 Å². The van der Waals surface area contributed by atoms with E-state index in [0.717, 1.165) is 10.4 Å². The molecular formula is C24H18O9S. The number of carbonyl (C=O) groups is 3. The maximum absolute atomic E-state index is 13.2. The largest absolute Gasteiger partial charge is 0.493 e. The van der Waals surface area contributed by atoms with Crippen LogP contribution in [0.15, 0.2) is 54.4 Å². The van der Waals surface area contributed by atoms with E-state index in [9.17, 15) is 24.6 Å². The Balaban J connectivity index is 1.70. The number of hydrogen-bond acceptors (Lipinski definition) is 8. The molecule has 0 atom stereocenters. The number of ketones is 1. The standard InChI is InChI=1S/C24H18O9S/c1-12(14-9-15(19-5-4-8-34-19)21(31-3)18(11-14)30-2)20(25)13-6-7-16-17(10-13)33-24(32-16,22(26)27)23(28)29/h4-11H,1H2,2-3H3,(H,26,27)(H,28,29). The van der Waals surface area contributed by atoms with Crippen LogP contribution in [0.25, 0.3) is 16.0 Å². The third kappa shape index (κ3) is 3.63. The number of fused-ring (bicyclic) bond motifs is 1. The van der Waals surface area contributed by atoms with Crippen molar-refractivity contribution >= 4 is 34.6 Å². The van der Waals surface area contributed by atoms with Crippen molar-refractivity contribution in [2.24, 2.45) is 0 Å². The fourth-order valence-corrected chi connectivity index (χ4v) is 4.21. The number of methoxy groups -OCH3 is 2. The minimum atomic E-state index is -2.92. The number of thiophene rings is 1. The molecule has 9 nitrogen and oxygen atoms in total. The molecule has 0 saturated heterocycles. The molecule has 2 heterocycles. The molecule has 0 unspecified atom stereocenters. The highest BCUT2D eigenvalue weighted by Crippen LogP contribution is 2.44. The number of carbonyl (C=O) groups excluding carboxylic acids is 1. The molecule has 0 radical (unpaired) electrons. The number of carboxylic acids is 2. The van der Waals surface area contributed by atoms with E-state index in [1.165, 1.54) is 43.8 Å². The summed E-state index contributed by atoms with van der Waals surface area (Å²) in [6.45, 7) is 3.93. The minimum absolute atomic E-state index is 0.103. The molecule has 4 rings (SSSR count). The highest BCUT2D eigenvalue weighted by molar-refractivity contribution is 7.13. The number of ether oxygens (including phenoxy) is 4. The van der Waals surface area contributed by atoms with E-state index >= 15 is 0 Å². The van der Waals surface area contributed by atoms with Crippen molar-refractivity contribution in [3.8, 4) is 33.4 Å². The molecule has 1 aliphatic heterocycles. The van der Waals surface area contributed by atoms with Crippen molar-refractivity contribution in [1.29, 1.82) is 0 Å². The molecule has 0 bridgehead atoms. The Morgan fingerprint density at radius 2 is 1.65 bits per heavy atom. The number of allylic oxidation sites excluding steroid dienone is 1. The van der Waals surface area contributed by atoms with Gasteiger partial charge in [0, 0.05) is 21.6 Å². The Labute approximate surface area is 197 Å². The van der Waals surface area contributed by atoms with Gasteiger partial charge < -0.3 is 29.2 Å². The molecule has 1 aliphatic rings. The first-order valence-corrected chi connectivity index (χ1v) is 10.6. The van der Waals surface area contributed by atoms with Crippen molar-refractivity contribution in [2.45, 2.75) is 5.79 Å². The van der Waals surface area contributed by atoms with E-state index in [-0.39, 0.29) is 22.6 Å². The summed E-state index contributed by atoms with van der Waals surface area (Å²) < 4.78 is 21.1. The van der Waals surface area contributed by atoms with E-state index in [1.807, 2.05) is 17.5 Å². The van der Waals surface area contributed by atoms with Crippen LogP contribution in [0, 0.1) is 0 Å². The van der Waals surface area contributed by atoms with E-state index in [0.29, 0.717) is 17.1 Å².